The molecule has 13 heteroatoms. The van der Waals surface area contributed by atoms with E-state index in [-0.39, 0.29) is 62.2 Å². The van der Waals surface area contributed by atoms with Crippen LogP contribution in [0.15, 0.2) is 75.8 Å². The maximum absolute atomic E-state index is 13.5. The molecule has 0 saturated carbocycles. The number of rotatable bonds is 8. The Bertz CT molecular complexity index is 1730. The number of aryl methyl sites for hydroxylation is 1. The van der Waals surface area contributed by atoms with Gasteiger partial charge < -0.3 is 15.2 Å². The van der Waals surface area contributed by atoms with Crippen LogP contribution < -0.4 is 44.7 Å². The third-order valence-corrected chi connectivity index (χ3v) is 7.42. The number of carbonyl (C=O) groups excluding carboxylic acids is 1. The van der Waals surface area contributed by atoms with E-state index in [1.54, 1.807) is 43.3 Å². The average molecular weight is 610 g/mol. The molecule has 0 aliphatic carbocycles. The monoisotopic (exact) mass is 609 g/mol. The van der Waals surface area contributed by atoms with Crippen molar-refractivity contribution in [1.29, 1.82) is 0 Å². The molecular weight excluding hydrogens is 588 g/mol. The van der Waals surface area contributed by atoms with Gasteiger partial charge in [0.15, 0.2) is 0 Å². The first-order chi connectivity index (χ1) is 18.5. The molecule has 0 unspecified atom stereocenters. The SMILES string of the molecule is CCOc1ccc(Cl)c(NC(=O)c2cc3ccccc3c(N=Nc3c(S(=O)(=O)O)ccc(CC)c3Cl)c2[O-])c1.[Na+]. The molecule has 4 aromatic carbocycles. The van der Waals surface area contributed by atoms with E-state index < -0.39 is 26.7 Å². The van der Waals surface area contributed by atoms with Crippen LogP contribution in [0.25, 0.3) is 10.8 Å². The second-order valence-corrected chi connectivity index (χ2v) is 10.4. The van der Waals surface area contributed by atoms with Crippen LogP contribution in [0.5, 0.6) is 11.5 Å². The fourth-order valence-corrected chi connectivity index (χ4v) is 5.07. The topological polar surface area (TPSA) is 140 Å². The van der Waals surface area contributed by atoms with Crippen molar-refractivity contribution in [1.82, 2.24) is 0 Å². The first-order valence-corrected chi connectivity index (χ1v) is 13.9. The van der Waals surface area contributed by atoms with E-state index in [0.717, 1.165) is 6.07 Å². The molecule has 0 bridgehead atoms. The molecule has 0 atom stereocenters. The molecular formula is C27H22Cl2N3NaO6S. The van der Waals surface area contributed by atoms with Gasteiger partial charge in [-0.15, -0.1) is 5.11 Å². The summed E-state index contributed by atoms with van der Waals surface area (Å²) in [5, 5.41) is 25.2. The Morgan fingerprint density at radius 2 is 1.73 bits per heavy atom. The van der Waals surface area contributed by atoms with Gasteiger partial charge in [0.2, 0.25) is 0 Å². The Kier molecular flexibility index (Phi) is 10.6. The largest absolute Gasteiger partial charge is 1.00 e. The predicted molar refractivity (Wildman–Crippen MR) is 149 cm³/mol. The van der Waals surface area contributed by atoms with Crippen molar-refractivity contribution in [3.05, 3.63) is 81.8 Å². The molecule has 4 rings (SSSR count). The van der Waals surface area contributed by atoms with Crippen molar-refractivity contribution in [2.75, 3.05) is 11.9 Å². The molecule has 0 heterocycles. The maximum Gasteiger partial charge on any atom is 1.00 e. The molecule has 4 aromatic rings. The van der Waals surface area contributed by atoms with Gasteiger partial charge >= 0.3 is 29.6 Å². The summed E-state index contributed by atoms with van der Waals surface area (Å²) in [4.78, 5) is 12.7. The first kappa shape index (κ1) is 31.8. The molecule has 0 aromatic heterocycles. The molecule has 0 fully saturated rings. The van der Waals surface area contributed by atoms with Crippen molar-refractivity contribution >= 4 is 67.1 Å². The molecule has 40 heavy (non-hydrogen) atoms. The van der Waals surface area contributed by atoms with Gasteiger partial charge in [0.25, 0.3) is 16.0 Å². The molecule has 0 saturated heterocycles. The molecule has 2 N–H and O–H groups in total. The van der Waals surface area contributed by atoms with Crippen LogP contribution in [0, 0.1) is 0 Å². The van der Waals surface area contributed by atoms with E-state index in [1.807, 2.05) is 6.92 Å². The number of hydrogen-bond donors (Lipinski definition) is 2. The van der Waals surface area contributed by atoms with E-state index >= 15 is 0 Å². The number of benzene rings is 4. The van der Waals surface area contributed by atoms with Gasteiger partial charge in [0.1, 0.15) is 16.3 Å². The maximum atomic E-state index is 13.5. The minimum absolute atomic E-state index is 0. The second-order valence-electron chi connectivity index (χ2n) is 8.27. The van der Waals surface area contributed by atoms with Crippen LogP contribution in [0.4, 0.5) is 17.1 Å². The zero-order chi connectivity index (χ0) is 28.3. The van der Waals surface area contributed by atoms with Crippen molar-refractivity contribution in [3.63, 3.8) is 0 Å². The van der Waals surface area contributed by atoms with Gasteiger partial charge in [-0.25, -0.2) is 0 Å². The standard InChI is InChI=1S/C27H23Cl2N3O6S.Na/c1-3-15-9-12-22(39(35,36)37)25(23(15)29)32-31-24-18-8-6-5-7-16(18)13-19(26(24)33)27(34)30-21-14-17(38-4-2)10-11-20(21)28;/h5-14,33H,3-4H2,1-2H3,(H,30,34)(H,35,36,37);/q;+1/p-1. The van der Waals surface area contributed by atoms with E-state index in [0.29, 0.717) is 35.1 Å². The predicted octanol–water partition coefficient (Wildman–Crippen LogP) is 4.10. The number of amides is 1. The van der Waals surface area contributed by atoms with Crippen molar-refractivity contribution in [3.8, 4) is 11.5 Å². The molecule has 0 aliphatic rings. The Labute approximate surface area is 263 Å². The number of azo groups is 1. The van der Waals surface area contributed by atoms with Crippen molar-refractivity contribution < 1.29 is 57.2 Å². The van der Waals surface area contributed by atoms with Crippen LogP contribution >= 0.6 is 23.2 Å². The summed E-state index contributed by atoms with van der Waals surface area (Å²) in [6.45, 7) is 4.02. The Balaban J connectivity index is 0.00000441. The molecule has 0 spiro atoms. The van der Waals surface area contributed by atoms with Gasteiger partial charge in [-0.05, 0) is 48.6 Å². The number of anilines is 1. The van der Waals surface area contributed by atoms with Gasteiger partial charge in [0.05, 0.1) is 28.0 Å². The number of hydrogen-bond acceptors (Lipinski definition) is 7. The van der Waals surface area contributed by atoms with E-state index in [1.165, 1.54) is 18.2 Å². The third-order valence-electron chi connectivity index (χ3n) is 5.79. The number of nitrogens with one attached hydrogen (secondary N) is 1. The van der Waals surface area contributed by atoms with Crippen LogP contribution in [-0.4, -0.2) is 25.5 Å². The summed E-state index contributed by atoms with van der Waals surface area (Å²) in [7, 11) is -4.71. The number of fused-ring (bicyclic) bond motifs is 1. The average Bonchev–Trinajstić information content (AvgIpc) is 2.89. The summed E-state index contributed by atoms with van der Waals surface area (Å²) in [6, 6.07) is 15.5. The summed E-state index contributed by atoms with van der Waals surface area (Å²) in [5.74, 6) is -1.03. The fraction of sp³-hybridized carbons (Fsp3) is 0.148. The van der Waals surface area contributed by atoms with E-state index in [2.05, 4.69) is 15.5 Å². The molecule has 1 amide bonds. The number of halogens is 2. The third kappa shape index (κ3) is 6.77. The zero-order valence-electron chi connectivity index (χ0n) is 21.7. The van der Waals surface area contributed by atoms with Crippen LogP contribution in [-0.2, 0) is 16.5 Å². The summed E-state index contributed by atoms with van der Waals surface area (Å²) < 4.78 is 39.1. The second kappa shape index (κ2) is 13.3. The van der Waals surface area contributed by atoms with Crippen LogP contribution in [0.1, 0.15) is 29.8 Å². The van der Waals surface area contributed by atoms with Crippen LogP contribution in [0.2, 0.25) is 10.0 Å². The van der Waals surface area contributed by atoms with Crippen LogP contribution in [0.3, 0.4) is 0 Å². The van der Waals surface area contributed by atoms with Gasteiger partial charge in [-0.2, -0.15) is 13.5 Å². The minimum Gasteiger partial charge on any atom is -0.870 e. The number of nitrogens with zero attached hydrogens (tertiary/aromatic N) is 2. The Morgan fingerprint density at radius 1 is 1.02 bits per heavy atom. The van der Waals surface area contributed by atoms with Crippen molar-refractivity contribution in [2.24, 2.45) is 10.2 Å². The van der Waals surface area contributed by atoms with E-state index in [9.17, 15) is 22.9 Å². The summed E-state index contributed by atoms with van der Waals surface area (Å²) in [6.07, 6.45) is 0.450. The van der Waals surface area contributed by atoms with Gasteiger partial charge in [0, 0.05) is 17.0 Å². The Morgan fingerprint density at radius 3 is 2.40 bits per heavy atom. The smallest absolute Gasteiger partial charge is 0.870 e. The zero-order valence-corrected chi connectivity index (χ0v) is 26.1. The Hall–Kier alpha value is -2.70. The molecule has 202 valence electrons. The summed E-state index contributed by atoms with van der Waals surface area (Å²) >= 11 is 12.6. The van der Waals surface area contributed by atoms with E-state index in [4.69, 9.17) is 27.9 Å². The quantitative estimate of drug-likeness (QED) is 0.175. The minimum atomic E-state index is -4.71. The number of ether oxygens (including phenoxy) is 1. The fourth-order valence-electron chi connectivity index (χ4n) is 3.89. The van der Waals surface area contributed by atoms with Crippen molar-refractivity contribution in [2.45, 2.75) is 25.2 Å². The number of carbonyl (C=O) groups is 1. The molecule has 9 nitrogen and oxygen atoms in total. The first-order valence-electron chi connectivity index (χ1n) is 11.7. The normalized spacial score (nSPS) is 11.4. The molecule has 0 radical (unpaired) electrons. The van der Waals surface area contributed by atoms with Gasteiger partial charge in [-0.1, -0.05) is 66.2 Å². The van der Waals surface area contributed by atoms with Gasteiger partial charge in [-0.3, -0.25) is 9.35 Å². The summed E-state index contributed by atoms with van der Waals surface area (Å²) in [5.41, 5.74) is 0.0146. The molecule has 0 aliphatic heterocycles.